The first-order valence-electron chi connectivity index (χ1n) is 5.87. The number of hydrogen-bond donors (Lipinski definition) is 0. The maximum Gasteiger partial charge on any atom is 0.147 e. The summed E-state index contributed by atoms with van der Waals surface area (Å²) in [4.78, 5) is 11.8. The Morgan fingerprint density at radius 3 is 2.71 bits per heavy atom. The second-order valence-electron chi connectivity index (χ2n) is 3.99. The van der Waals surface area contributed by atoms with Crippen molar-refractivity contribution in [2.75, 3.05) is 11.5 Å². The number of Topliss-reactive ketones (excluding diaryl/α,β-unsaturated/α-hetero) is 1. The topological polar surface area (TPSA) is 17.1 Å². The van der Waals surface area contributed by atoms with E-state index in [4.69, 9.17) is 0 Å². The molecule has 17 heavy (non-hydrogen) atoms. The smallest absolute Gasteiger partial charge is 0.147 e. The molecule has 2 rings (SSSR count). The standard InChI is InChI=1S/C15H16OS/c1-2-17-11-14(16)10-13-8-5-7-12-6-3-4-9-15(12)13/h3-9H,2,10-11H2,1H3. The van der Waals surface area contributed by atoms with Gasteiger partial charge in [-0.1, -0.05) is 49.4 Å². The van der Waals surface area contributed by atoms with E-state index in [9.17, 15) is 4.79 Å². The lowest BCUT2D eigenvalue weighted by atomic mass is 10.0. The van der Waals surface area contributed by atoms with Gasteiger partial charge in [0, 0.05) is 6.42 Å². The van der Waals surface area contributed by atoms with E-state index in [1.165, 1.54) is 10.8 Å². The van der Waals surface area contributed by atoms with Crippen LogP contribution in [0.1, 0.15) is 12.5 Å². The highest BCUT2D eigenvalue weighted by Crippen LogP contribution is 2.19. The lowest BCUT2D eigenvalue weighted by molar-refractivity contribution is -0.115. The van der Waals surface area contributed by atoms with Crippen molar-refractivity contribution >= 4 is 28.3 Å². The van der Waals surface area contributed by atoms with Crippen molar-refractivity contribution in [2.45, 2.75) is 13.3 Å². The molecule has 0 N–H and O–H groups in total. The Bertz CT molecular complexity index is 514. The second-order valence-corrected chi connectivity index (χ2v) is 5.27. The van der Waals surface area contributed by atoms with Gasteiger partial charge in [0.2, 0.25) is 0 Å². The van der Waals surface area contributed by atoms with Gasteiger partial charge in [0.15, 0.2) is 0 Å². The van der Waals surface area contributed by atoms with Crippen molar-refractivity contribution in [2.24, 2.45) is 0 Å². The van der Waals surface area contributed by atoms with E-state index in [0.29, 0.717) is 18.0 Å². The highest BCUT2D eigenvalue weighted by Gasteiger charge is 2.06. The van der Waals surface area contributed by atoms with E-state index >= 15 is 0 Å². The highest BCUT2D eigenvalue weighted by molar-refractivity contribution is 7.99. The quantitative estimate of drug-likeness (QED) is 0.797. The van der Waals surface area contributed by atoms with Crippen LogP contribution in [-0.2, 0) is 11.2 Å². The summed E-state index contributed by atoms with van der Waals surface area (Å²) in [6.45, 7) is 2.08. The minimum Gasteiger partial charge on any atom is -0.298 e. The Balaban J connectivity index is 2.21. The number of rotatable bonds is 5. The third kappa shape index (κ3) is 3.10. The molecule has 0 atom stereocenters. The molecule has 0 heterocycles. The molecule has 0 aliphatic carbocycles. The van der Waals surface area contributed by atoms with E-state index in [1.807, 2.05) is 18.2 Å². The summed E-state index contributed by atoms with van der Waals surface area (Å²) in [5, 5.41) is 2.41. The van der Waals surface area contributed by atoms with Crippen LogP contribution in [0.5, 0.6) is 0 Å². The number of carbonyl (C=O) groups excluding carboxylic acids is 1. The molecule has 0 radical (unpaired) electrons. The molecular formula is C15H16OS. The van der Waals surface area contributed by atoms with Crippen molar-refractivity contribution in [1.29, 1.82) is 0 Å². The lowest BCUT2D eigenvalue weighted by Crippen LogP contribution is -2.06. The molecule has 0 amide bonds. The zero-order valence-corrected chi connectivity index (χ0v) is 10.8. The maximum atomic E-state index is 11.8. The van der Waals surface area contributed by atoms with Crippen LogP contribution in [0.4, 0.5) is 0 Å². The molecule has 2 heteroatoms. The first-order chi connectivity index (χ1) is 8.31. The monoisotopic (exact) mass is 244 g/mol. The summed E-state index contributed by atoms with van der Waals surface area (Å²) in [5.41, 5.74) is 1.14. The molecule has 0 fully saturated rings. The molecular weight excluding hydrogens is 228 g/mol. The maximum absolute atomic E-state index is 11.8. The van der Waals surface area contributed by atoms with E-state index in [0.717, 1.165) is 11.3 Å². The molecule has 1 nitrogen and oxygen atoms in total. The van der Waals surface area contributed by atoms with Gasteiger partial charge in [-0.05, 0) is 22.1 Å². The number of carbonyl (C=O) groups is 1. The van der Waals surface area contributed by atoms with Crippen LogP contribution in [0.3, 0.4) is 0 Å². The average Bonchev–Trinajstić information content (AvgIpc) is 2.37. The zero-order chi connectivity index (χ0) is 12.1. The third-order valence-corrected chi connectivity index (χ3v) is 3.67. The van der Waals surface area contributed by atoms with Gasteiger partial charge in [-0.2, -0.15) is 11.8 Å². The lowest BCUT2D eigenvalue weighted by Gasteiger charge is -2.05. The van der Waals surface area contributed by atoms with Crippen LogP contribution >= 0.6 is 11.8 Å². The van der Waals surface area contributed by atoms with Crippen LogP contribution in [0.25, 0.3) is 10.8 Å². The molecule has 0 aromatic heterocycles. The summed E-state index contributed by atoms with van der Waals surface area (Å²) in [6.07, 6.45) is 0.550. The fraction of sp³-hybridized carbons (Fsp3) is 0.267. The third-order valence-electron chi connectivity index (χ3n) is 2.73. The predicted molar refractivity (Wildman–Crippen MR) is 75.7 cm³/mol. The molecule has 0 saturated carbocycles. The first-order valence-corrected chi connectivity index (χ1v) is 7.03. The van der Waals surface area contributed by atoms with Crippen molar-refractivity contribution < 1.29 is 4.79 Å². The molecule has 0 aliphatic rings. The number of thioether (sulfide) groups is 1. The molecule has 2 aromatic rings. The predicted octanol–water partition coefficient (Wildman–Crippen LogP) is 3.70. The molecule has 0 spiro atoms. The Morgan fingerprint density at radius 1 is 1.12 bits per heavy atom. The van der Waals surface area contributed by atoms with Crippen LogP contribution in [-0.4, -0.2) is 17.3 Å². The molecule has 0 bridgehead atoms. The van der Waals surface area contributed by atoms with Gasteiger partial charge in [0.1, 0.15) is 5.78 Å². The summed E-state index contributed by atoms with van der Waals surface area (Å²) >= 11 is 1.69. The van der Waals surface area contributed by atoms with Crippen LogP contribution in [0.15, 0.2) is 42.5 Å². The fourth-order valence-electron chi connectivity index (χ4n) is 1.93. The zero-order valence-electron chi connectivity index (χ0n) is 9.98. The minimum atomic E-state index is 0.313. The SMILES string of the molecule is CCSCC(=O)Cc1cccc2ccccc12. The largest absolute Gasteiger partial charge is 0.298 e. The van der Waals surface area contributed by atoms with Gasteiger partial charge in [-0.15, -0.1) is 0 Å². The van der Waals surface area contributed by atoms with Gasteiger partial charge in [-0.25, -0.2) is 0 Å². The Morgan fingerprint density at radius 2 is 1.88 bits per heavy atom. The van der Waals surface area contributed by atoms with Crippen molar-refractivity contribution in [3.63, 3.8) is 0 Å². The van der Waals surface area contributed by atoms with Crippen LogP contribution in [0.2, 0.25) is 0 Å². The van der Waals surface area contributed by atoms with Crippen molar-refractivity contribution in [3.8, 4) is 0 Å². The Labute approximate surface area is 106 Å². The summed E-state index contributed by atoms with van der Waals surface area (Å²) in [6, 6.07) is 14.4. The van der Waals surface area contributed by atoms with Gasteiger partial charge in [-0.3, -0.25) is 4.79 Å². The number of ketones is 1. The summed E-state index contributed by atoms with van der Waals surface area (Å²) < 4.78 is 0. The van der Waals surface area contributed by atoms with Crippen molar-refractivity contribution in [1.82, 2.24) is 0 Å². The molecule has 88 valence electrons. The Kier molecular flexibility index (Phi) is 4.21. The van der Waals surface area contributed by atoms with Crippen LogP contribution in [0, 0.1) is 0 Å². The Hall–Kier alpha value is -1.28. The first kappa shape index (κ1) is 12.2. The minimum absolute atomic E-state index is 0.313. The number of hydrogen-bond acceptors (Lipinski definition) is 2. The molecule has 2 aromatic carbocycles. The van der Waals surface area contributed by atoms with E-state index in [1.54, 1.807) is 11.8 Å². The molecule has 0 aliphatic heterocycles. The second kappa shape index (κ2) is 5.87. The fourth-order valence-corrected chi connectivity index (χ4v) is 2.46. The number of fused-ring (bicyclic) bond motifs is 1. The van der Waals surface area contributed by atoms with Crippen molar-refractivity contribution in [3.05, 3.63) is 48.0 Å². The van der Waals surface area contributed by atoms with Gasteiger partial charge in [0.05, 0.1) is 5.75 Å². The van der Waals surface area contributed by atoms with Gasteiger partial charge in [0.25, 0.3) is 0 Å². The number of benzene rings is 2. The van der Waals surface area contributed by atoms with E-state index < -0.39 is 0 Å². The normalized spacial score (nSPS) is 10.6. The van der Waals surface area contributed by atoms with E-state index in [2.05, 4.69) is 31.2 Å². The van der Waals surface area contributed by atoms with Gasteiger partial charge >= 0.3 is 0 Å². The average molecular weight is 244 g/mol. The molecule has 0 unspecified atom stereocenters. The highest BCUT2D eigenvalue weighted by atomic mass is 32.2. The molecule has 0 saturated heterocycles. The summed E-state index contributed by atoms with van der Waals surface area (Å²) in [5.74, 6) is 1.94. The van der Waals surface area contributed by atoms with E-state index in [-0.39, 0.29) is 0 Å². The van der Waals surface area contributed by atoms with Gasteiger partial charge < -0.3 is 0 Å². The van der Waals surface area contributed by atoms with Crippen LogP contribution < -0.4 is 0 Å². The summed E-state index contributed by atoms with van der Waals surface area (Å²) in [7, 11) is 0.